The molecule has 1 heterocycles. The SMILES string of the molecule is Cc1cn(C2CCCC2)c(NCC(C2CC2)C2CC2)n1. The Hall–Kier alpha value is -0.990. The van der Waals surface area contributed by atoms with Crippen LogP contribution in [-0.4, -0.2) is 16.1 Å². The van der Waals surface area contributed by atoms with Crippen LogP contribution in [0.3, 0.4) is 0 Å². The molecule has 0 radical (unpaired) electrons. The summed E-state index contributed by atoms with van der Waals surface area (Å²) in [5.74, 6) is 4.10. The third-order valence-electron chi connectivity index (χ3n) is 5.52. The molecule has 0 amide bonds. The van der Waals surface area contributed by atoms with Crippen LogP contribution in [-0.2, 0) is 0 Å². The van der Waals surface area contributed by atoms with E-state index in [1.807, 2.05) is 0 Å². The van der Waals surface area contributed by atoms with Crippen LogP contribution in [0, 0.1) is 24.7 Å². The molecule has 3 aliphatic carbocycles. The Morgan fingerprint density at radius 1 is 1.15 bits per heavy atom. The molecule has 0 bridgehead atoms. The van der Waals surface area contributed by atoms with Crippen molar-refractivity contribution >= 4 is 5.95 Å². The molecule has 1 N–H and O–H groups in total. The standard InChI is InChI=1S/C17H27N3/c1-12-11-20(15-4-2-3-5-15)17(19-12)18-10-16(13-6-7-13)14-8-9-14/h11,13-16H,2-10H2,1H3,(H,18,19). The molecule has 1 aromatic heterocycles. The van der Waals surface area contributed by atoms with Gasteiger partial charge >= 0.3 is 0 Å². The maximum atomic E-state index is 4.74. The van der Waals surface area contributed by atoms with E-state index in [1.165, 1.54) is 51.4 Å². The third kappa shape index (κ3) is 2.59. The maximum absolute atomic E-state index is 4.74. The Morgan fingerprint density at radius 3 is 2.40 bits per heavy atom. The number of nitrogens with one attached hydrogen (secondary N) is 1. The fraction of sp³-hybridized carbons (Fsp3) is 0.824. The molecule has 3 fully saturated rings. The van der Waals surface area contributed by atoms with Crippen LogP contribution in [0.4, 0.5) is 5.95 Å². The van der Waals surface area contributed by atoms with Gasteiger partial charge in [0, 0.05) is 18.8 Å². The van der Waals surface area contributed by atoms with E-state index in [0.717, 1.165) is 35.9 Å². The van der Waals surface area contributed by atoms with Gasteiger partial charge in [0.05, 0.1) is 5.69 Å². The topological polar surface area (TPSA) is 29.9 Å². The summed E-state index contributed by atoms with van der Waals surface area (Å²) in [5.41, 5.74) is 1.16. The zero-order chi connectivity index (χ0) is 13.5. The second-order valence-corrected chi connectivity index (χ2v) is 7.27. The molecule has 0 atom stereocenters. The molecule has 1 aromatic rings. The zero-order valence-electron chi connectivity index (χ0n) is 12.6. The summed E-state index contributed by atoms with van der Waals surface area (Å²) in [6, 6.07) is 0.694. The lowest BCUT2D eigenvalue weighted by atomic mass is 9.98. The van der Waals surface area contributed by atoms with Crippen LogP contribution < -0.4 is 5.32 Å². The Kier molecular flexibility index (Phi) is 3.24. The summed E-state index contributed by atoms with van der Waals surface area (Å²) >= 11 is 0. The predicted molar refractivity (Wildman–Crippen MR) is 81.9 cm³/mol. The average Bonchev–Trinajstić information content (AvgIpc) is 3.35. The van der Waals surface area contributed by atoms with Crippen LogP contribution in [0.2, 0.25) is 0 Å². The summed E-state index contributed by atoms with van der Waals surface area (Å²) in [7, 11) is 0. The Bertz CT molecular complexity index is 453. The Morgan fingerprint density at radius 2 is 1.80 bits per heavy atom. The first-order valence-corrected chi connectivity index (χ1v) is 8.60. The minimum atomic E-state index is 0.694. The number of aryl methyl sites for hydroxylation is 1. The van der Waals surface area contributed by atoms with Gasteiger partial charge in [0.1, 0.15) is 0 Å². The molecule has 20 heavy (non-hydrogen) atoms. The maximum Gasteiger partial charge on any atom is 0.203 e. The number of hydrogen-bond donors (Lipinski definition) is 1. The van der Waals surface area contributed by atoms with E-state index in [2.05, 4.69) is 23.0 Å². The first kappa shape index (κ1) is 12.7. The van der Waals surface area contributed by atoms with E-state index < -0.39 is 0 Å². The zero-order valence-corrected chi connectivity index (χ0v) is 12.6. The summed E-state index contributed by atoms with van der Waals surface area (Å²) in [4.78, 5) is 4.74. The molecule has 4 rings (SSSR count). The molecule has 0 aliphatic heterocycles. The quantitative estimate of drug-likeness (QED) is 0.843. The van der Waals surface area contributed by atoms with Crippen molar-refractivity contribution < 1.29 is 0 Å². The number of anilines is 1. The van der Waals surface area contributed by atoms with E-state index in [4.69, 9.17) is 4.98 Å². The number of hydrogen-bond acceptors (Lipinski definition) is 2. The summed E-state index contributed by atoms with van der Waals surface area (Å²) in [6.45, 7) is 3.27. The molecule has 0 saturated heterocycles. The second kappa shape index (κ2) is 5.09. The lowest BCUT2D eigenvalue weighted by Gasteiger charge is -2.19. The minimum absolute atomic E-state index is 0.694. The van der Waals surface area contributed by atoms with Crippen LogP contribution >= 0.6 is 0 Å². The molecule has 3 aliphatic rings. The molecule has 110 valence electrons. The van der Waals surface area contributed by atoms with E-state index in [-0.39, 0.29) is 0 Å². The van der Waals surface area contributed by atoms with Gasteiger partial charge in [-0.1, -0.05) is 12.8 Å². The average molecular weight is 273 g/mol. The first-order valence-electron chi connectivity index (χ1n) is 8.60. The van der Waals surface area contributed by atoms with Crippen LogP contribution in [0.1, 0.15) is 63.1 Å². The van der Waals surface area contributed by atoms with Crippen molar-refractivity contribution in [2.45, 2.75) is 64.3 Å². The molecule has 0 spiro atoms. The van der Waals surface area contributed by atoms with Gasteiger partial charge < -0.3 is 9.88 Å². The summed E-state index contributed by atoms with van der Waals surface area (Å²) in [6.07, 6.45) is 13.6. The number of aromatic nitrogens is 2. The monoisotopic (exact) mass is 273 g/mol. The largest absolute Gasteiger partial charge is 0.355 e. The van der Waals surface area contributed by atoms with E-state index in [9.17, 15) is 0 Å². The number of rotatable bonds is 6. The normalized spacial score (nSPS) is 23.7. The second-order valence-electron chi connectivity index (χ2n) is 7.27. The smallest absolute Gasteiger partial charge is 0.203 e. The van der Waals surface area contributed by atoms with Gasteiger partial charge in [0.25, 0.3) is 0 Å². The van der Waals surface area contributed by atoms with Gasteiger partial charge in [-0.15, -0.1) is 0 Å². The van der Waals surface area contributed by atoms with Crippen molar-refractivity contribution in [3.63, 3.8) is 0 Å². The number of imidazole rings is 1. The molecule has 0 aromatic carbocycles. The van der Waals surface area contributed by atoms with Gasteiger partial charge in [-0.05, 0) is 63.2 Å². The van der Waals surface area contributed by atoms with E-state index >= 15 is 0 Å². The van der Waals surface area contributed by atoms with Crippen molar-refractivity contribution in [2.75, 3.05) is 11.9 Å². The van der Waals surface area contributed by atoms with Gasteiger partial charge in [-0.25, -0.2) is 4.98 Å². The lowest BCUT2D eigenvalue weighted by molar-refractivity contribution is 0.424. The molecule has 3 heteroatoms. The fourth-order valence-corrected chi connectivity index (χ4v) is 4.08. The molecular formula is C17H27N3. The van der Waals surface area contributed by atoms with Gasteiger partial charge in [-0.2, -0.15) is 0 Å². The summed E-state index contributed by atoms with van der Waals surface area (Å²) in [5, 5.41) is 3.71. The molecule has 3 nitrogen and oxygen atoms in total. The fourth-order valence-electron chi connectivity index (χ4n) is 4.08. The van der Waals surface area contributed by atoms with Crippen molar-refractivity contribution in [1.29, 1.82) is 0 Å². The van der Waals surface area contributed by atoms with Crippen molar-refractivity contribution in [3.8, 4) is 0 Å². The Balaban J connectivity index is 1.44. The third-order valence-corrected chi connectivity index (χ3v) is 5.52. The highest BCUT2D eigenvalue weighted by molar-refractivity contribution is 5.30. The highest BCUT2D eigenvalue weighted by Gasteiger charge is 2.41. The van der Waals surface area contributed by atoms with E-state index in [0.29, 0.717) is 6.04 Å². The van der Waals surface area contributed by atoms with Gasteiger partial charge in [0.15, 0.2) is 0 Å². The minimum Gasteiger partial charge on any atom is -0.355 e. The highest BCUT2D eigenvalue weighted by Crippen LogP contribution is 2.49. The van der Waals surface area contributed by atoms with Crippen LogP contribution in [0.25, 0.3) is 0 Å². The van der Waals surface area contributed by atoms with Crippen molar-refractivity contribution in [3.05, 3.63) is 11.9 Å². The number of nitrogens with zero attached hydrogens (tertiary/aromatic N) is 2. The first-order chi connectivity index (χ1) is 9.81. The summed E-state index contributed by atoms with van der Waals surface area (Å²) < 4.78 is 2.43. The van der Waals surface area contributed by atoms with Gasteiger partial charge in [-0.3, -0.25) is 0 Å². The molecular weight excluding hydrogens is 246 g/mol. The van der Waals surface area contributed by atoms with Crippen LogP contribution in [0.15, 0.2) is 6.20 Å². The van der Waals surface area contributed by atoms with E-state index in [1.54, 1.807) is 0 Å². The highest BCUT2D eigenvalue weighted by atomic mass is 15.2. The van der Waals surface area contributed by atoms with Crippen molar-refractivity contribution in [2.24, 2.45) is 17.8 Å². The lowest BCUT2D eigenvalue weighted by Crippen LogP contribution is -2.21. The van der Waals surface area contributed by atoms with Crippen LogP contribution in [0.5, 0.6) is 0 Å². The van der Waals surface area contributed by atoms with Crippen molar-refractivity contribution in [1.82, 2.24) is 9.55 Å². The molecule has 0 unspecified atom stereocenters. The van der Waals surface area contributed by atoms with Gasteiger partial charge in [0.2, 0.25) is 5.95 Å². The Labute approximate surface area is 122 Å². The molecule has 3 saturated carbocycles. The predicted octanol–water partition coefficient (Wildman–Crippen LogP) is 4.15.